The topological polar surface area (TPSA) is 49.6 Å². The molecule has 0 spiro atoms. The molecule has 2 aromatic carbocycles. The van der Waals surface area contributed by atoms with Crippen LogP contribution in [0.1, 0.15) is 24.5 Å². The molecule has 0 saturated heterocycles. The Hall–Kier alpha value is -2.56. The summed E-state index contributed by atoms with van der Waals surface area (Å²) in [5.41, 5.74) is 9.87. The van der Waals surface area contributed by atoms with Gasteiger partial charge in [0.25, 0.3) is 0 Å². The fourth-order valence-electron chi connectivity index (χ4n) is 3.39. The number of carbonyl (C=O) groups excluding carboxylic acids is 1. The summed E-state index contributed by atoms with van der Waals surface area (Å²) >= 11 is 0. The molecule has 0 bridgehead atoms. The fourth-order valence-corrected chi connectivity index (χ4v) is 3.39. The first kappa shape index (κ1) is 17.3. The van der Waals surface area contributed by atoms with Crippen molar-refractivity contribution in [3.8, 4) is 0 Å². The zero-order valence-electron chi connectivity index (χ0n) is 14.5. The number of benzene rings is 2. The van der Waals surface area contributed by atoms with Gasteiger partial charge in [0.05, 0.1) is 6.54 Å². The van der Waals surface area contributed by atoms with E-state index in [-0.39, 0.29) is 11.7 Å². The van der Waals surface area contributed by atoms with Gasteiger partial charge in [-0.15, -0.1) is 0 Å². The summed E-state index contributed by atoms with van der Waals surface area (Å²) in [4.78, 5) is 16.6. The van der Waals surface area contributed by atoms with Crippen molar-refractivity contribution in [1.82, 2.24) is 4.90 Å². The minimum absolute atomic E-state index is 0.0436. The molecule has 1 heterocycles. The van der Waals surface area contributed by atoms with Crippen molar-refractivity contribution in [2.24, 2.45) is 0 Å². The highest BCUT2D eigenvalue weighted by molar-refractivity contribution is 5.82. The van der Waals surface area contributed by atoms with Crippen LogP contribution in [0.15, 0.2) is 42.5 Å². The molecular weight excluding hydrogens is 317 g/mol. The zero-order chi connectivity index (χ0) is 17.8. The molecule has 0 aliphatic carbocycles. The van der Waals surface area contributed by atoms with E-state index in [1.54, 1.807) is 11.0 Å². The van der Waals surface area contributed by atoms with Crippen LogP contribution < -0.4 is 10.6 Å². The molecule has 0 radical (unpaired) electrons. The van der Waals surface area contributed by atoms with Crippen LogP contribution >= 0.6 is 0 Å². The summed E-state index contributed by atoms with van der Waals surface area (Å²) in [6.07, 6.45) is 1.94. The highest BCUT2D eigenvalue weighted by Crippen LogP contribution is 2.31. The van der Waals surface area contributed by atoms with Crippen molar-refractivity contribution in [2.75, 3.05) is 30.3 Å². The van der Waals surface area contributed by atoms with Crippen molar-refractivity contribution in [2.45, 2.75) is 26.3 Å². The maximum Gasteiger partial charge on any atom is 0.242 e. The summed E-state index contributed by atoms with van der Waals surface area (Å²) in [5.74, 6) is -0.233. The fraction of sp³-hybridized carbons (Fsp3) is 0.350. The van der Waals surface area contributed by atoms with Gasteiger partial charge in [0.2, 0.25) is 5.91 Å². The lowest BCUT2D eigenvalue weighted by Crippen LogP contribution is -2.42. The number of likely N-dealkylation sites (N-methyl/N-ethyl adjacent to an activating group) is 1. The van der Waals surface area contributed by atoms with Gasteiger partial charge in [0, 0.05) is 31.0 Å². The molecule has 2 aromatic rings. The molecule has 1 amide bonds. The second-order valence-corrected chi connectivity index (χ2v) is 6.41. The Morgan fingerprint density at radius 2 is 2.08 bits per heavy atom. The van der Waals surface area contributed by atoms with E-state index < -0.39 is 0 Å². The Bertz CT molecular complexity index is 762. The predicted octanol–water partition coefficient (Wildman–Crippen LogP) is 3.21. The molecule has 0 fully saturated rings. The number of hydrogen-bond donors (Lipinski definition) is 1. The van der Waals surface area contributed by atoms with Crippen molar-refractivity contribution >= 4 is 17.3 Å². The van der Waals surface area contributed by atoms with E-state index in [0.29, 0.717) is 19.6 Å². The largest absolute Gasteiger partial charge is 0.398 e. The van der Waals surface area contributed by atoms with Gasteiger partial charge in [-0.05, 0) is 55.2 Å². The molecule has 0 atom stereocenters. The number of amides is 1. The van der Waals surface area contributed by atoms with Gasteiger partial charge < -0.3 is 15.5 Å². The van der Waals surface area contributed by atoms with E-state index in [1.165, 1.54) is 12.1 Å². The Kier molecular flexibility index (Phi) is 5.22. The third-order valence-electron chi connectivity index (χ3n) is 4.71. The number of nitrogens with two attached hydrogens (primary N) is 1. The van der Waals surface area contributed by atoms with Crippen LogP contribution in [0.25, 0.3) is 0 Å². The molecule has 3 rings (SSSR count). The van der Waals surface area contributed by atoms with E-state index >= 15 is 0 Å². The maximum absolute atomic E-state index is 13.4. The smallest absolute Gasteiger partial charge is 0.242 e. The molecular formula is C20H24FN3O. The monoisotopic (exact) mass is 341 g/mol. The number of carbonyl (C=O) groups is 1. The van der Waals surface area contributed by atoms with Crippen molar-refractivity contribution in [3.05, 3.63) is 59.4 Å². The summed E-state index contributed by atoms with van der Waals surface area (Å²) in [6.45, 7) is 4.12. The zero-order valence-corrected chi connectivity index (χ0v) is 14.5. The van der Waals surface area contributed by atoms with E-state index in [0.717, 1.165) is 41.9 Å². The Morgan fingerprint density at radius 3 is 2.84 bits per heavy atom. The van der Waals surface area contributed by atoms with Crippen LogP contribution in [0, 0.1) is 5.82 Å². The highest BCUT2D eigenvalue weighted by atomic mass is 19.1. The van der Waals surface area contributed by atoms with E-state index in [9.17, 15) is 9.18 Å². The molecule has 1 aliphatic rings. The molecule has 4 nitrogen and oxygen atoms in total. The maximum atomic E-state index is 13.4. The summed E-state index contributed by atoms with van der Waals surface area (Å²) in [7, 11) is 0. The first-order valence-electron chi connectivity index (χ1n) is 8.73. The summed E-state index contributed by atoms with van der Waals surface area (Å²) < 4.78 is 13.4. The second kappa shape index (κ2) is 7.55. The molecule has 0 aromatic heterocycles. The third-order valence-corrected chi connectivity index (χ3v) is 4.71. The van der Waals surface area contributed by atoms with Gasteiger partial charge in [0.15, 0.2) is 0 Å². The molecule has 0 saturated carbocycles. The molecule has 25 heavy (non-hydrogen) atoms. The number of anilines is 2. The Morgan fingerprint density at radius 1 is 1.28 bits per heavy atom. The summed E-state index contributed by atoms with van der Waals surface area (Å²) in [5, 5.41) is 0. The molecule has 5 heteroatoms. The molecule has 0 unspecified atom stereocenters. The van der Waals surface area contributed by atoms with Crippen molar-refractivity contribution in [3.63, 3.8) is 0 Å². The van der Waals surface area contributed by atoms with Gasteiger partial charge in [-0.2, -0.15) is 0 Å². The Labute approximate surface area is 148 Å². The lowest BCUT2D eigenvalue weighted by atomic mass is 10.00. The van der Waals surface area contributed by atoms with Crippen molar-refractivity contribution in [1.29, 1.82) is 0 Å². The van der Waals surface area contributed by atoms with Crippen LogP contribution in [0.3, 0.4) is 0 Å². The quantitative estimate of drug-likeness (QED) is 0.850. The lowest BCUT2D eigenvalue weighted by molar-refractivity contribution is -0.130. The third kappa shape index (κ3) is 3.92. The van der Waals surface area contributed by atoms with Gasteiger partial charge in [0.1, 0.15) is 5.82 Å². The number of nitrogens with zero attached hydrogens (tertiary/aromatic N) is 2. The normalized spacial score (nSPS) is 13.4. The van der Waals surface area contributed by atoms with E-state index in [1.807, 2.05) is 31.2 Å². The lowest BCUT2D eigenvalue weighted by Gasteiger charge is -2.33. The number of hydrogen-bond acceptors (Lipinski definition) is 3. The average molecular weight is 341 g/mol. The van der Waals surface area contributed by atoms with Crippen LogP contribution in [0.2, 0.25) is 0 Å². The SMILES string of the molecule is CCN(Cc1cccc(F)c1)C(=O)CN1CCCc2c(N)cccc21. The van der Waals surface area contributed by atoms with Gasteiger partial charge in [-0.3, -0.25) is 4.79 Å². The first-order chi connectivity index (χ1) is 12.1. The summed E-state index contributed by atoms with van der Waals surface area (Å²) in [6, 6.07) is 12.3. The minimum Gasteiger partial charge on any atom is -0.398 e. The van der Waals surface area contributed by atoms with Gasteiger partial charge >= 0.3 is 0 Å². The van der Waals surface area contributed by atoms with Gasteiger partial charge in [-0.1, -0.05) is 18.2 Å². The van der Waals surface area contributed by atoms with Crippen LogP contribution in [-0.2, 0) is 17.8 Å². The van der Waals surface area contributed by atoms with Crippen molar-refractivity contribution < 1.29 is 9.18 Å². The molecule has 132 valence electrons. The predicted molar refractivity (Wildman–Crippen MR) is 98.9 cm³/mol. The minimum atomic E-state index is -0.276. The van der Waals surface area contributed by atoms with Crippen LogP contribution in [0.5, 0.6) is 0 Å². The Balaban J connectivity index is 1.72. The number of halogens is 1. The number of rotatable bonds is 5. The number of fused-ring (bicyclic) bond motifs is 1. The molecule has 1 aliphatic heterocycles. The standard InChI is InChI=1S/C20H24FN3O/c1-2-23(13-15-6-3-7-16(21)12-15)20(25)14-24-11-5-8-17-18(22)9-4-10-19(17)24/h3-4,6-7,9-10,12H,2,5,8,11,13-14,22H2,1H3. The van der Waals surface area contributed by atoms with E-state index in [2.05, 4.69) is 4.90 Å². The first-order valence-corrected chi connectivity index (χ1v) is 8.73. The van der Waals surface area contributed by atoms with E-state index in [4.69, 9.17) is 5.73 Å². The highest BCUT2D eigenvalue weighted by Gasteiger charge is 2.22. The van der Waals surface area contributed by atoms with Gasteiger partial charge in [-0.25, -0.2) is 4.39 Å². The van der Waals surface area contributed by atoms with Crippen LogP contribution in [-0.4, -0.2) is 30.4 Å². The molecule has 2 N–H and O–H groups in total. The average Bonchev–Trinajstić information content (AvgIpc) is 2.60. The second-order valence-electron chi connectivity index (χ2n) is 6.41. The number of nitrogen functional groups attached to an aromatic ring is 1. The van der Waals surface area contributed by atoms with Crippen LogP contribution in [0.4, 0.5) is 15.8 Å².